The summed E-state index contributed by atoms with van der Waals surface area (Å²) in [6.45, 7) is 3.18. The molecular formula is C9H18N2O3S. The molecule has 2 N–H and O–H groups in total. The van der Waals surface area contributed by atoms with E-state index in [-0.39, 0.29) is 24.1 Å². The van der Waals surface area contributed by atoms with Crippen LogP contribution in [0.25, 0.3) is 0 Å². The Morgan fingerprint density at radius 3 is 2.40 bits per heavy atom. The number of aliphatic hydroxyl groups is 1. The van der Waals surface area contributed by atoms with Gasteiger partial charge < -0.3 is 15.3 Å². The van der Waals surface area contributed by atoms with Crippen LogP contribution >= 0.6 is 12.6 Å². The van der Waals surface area contributed by atoms with Crippen molar-refractivity contribution in [1.82, 2.24) is 10.2 Å². The van der Waals surface area contributed by atoms with E-state index < -0.39 is 12.1 Å². The summed E-state index contributed by atoms with van der Waals surface area (Å²) in [4.78, 5) is 23.9. The van der Waals surface area contributed by atoms with Crippen LogP contribution in [0.2, 0.25) is 0 Å². The molecule has 0 aliphatic carbocycles. The van der Waals surface area contributed by atoms with Crippen molar-refractivity contribution in [3.05, 3.63) is 0 Å². The van der Waals surface area contributed by atoms with Gasteiger partial charge in [-0.05, 0) is 6.92 Å². The minimum atomic E-state index is -0.630. The lowest BCUT2D eigenvalue weighted by Gasteiger charge is -2.24. The minimum Gasteiger partial charge on any atom is -0.392 e. The number of carbonyl (C=O) groups is 2. The molecule has 0 radical (unpaired) electrons. The second-order valence-electron chi connectivity index (χ2n) is 3.50. The normalized spacial score (nSPS) is 14.2. The van der Waals surface area contributed by atoms with Gasteiger partial charge in [0.05, 0.1) is 6.10 Å². The molecule has 0 aromatic carbocycles. The van der Waals surface area contributed by atoms with Gasteiger partial charge in [0.1, 0.15) is 6.04 Å². The fraction of sp³-hybridized carbons (Fsp3) is 0.778. The second-order valence-corrected chi connectivity index (χ2v) is 3.87. The maximum absolute atomic E-state index is 11.7. The smallest absolute Gasteiger partial charge is 0.245 e. The summed E-state index contributed by atoms with van der Waals surface area (Å²) in [6, 6.07) is -0.630. The summed E-state index contributed by atoms with van der Waals surface area (Å²) in [5.41, 5.74) is 0. The molecule has 0 aliphatic heterocycles. The van der Waals surface area contributed by atoms with Crippen molar-refractivity contribution in [2.45, 2.75) is 26.0 Å². The largest absolute Gasteiger partial charge is 0.392 e. The maximum Gasteiger partial charge on any atom is 0.245 e. The number of hydrogen-bond donors (Lipinski definition) is 3. The van der Waals surface area contributed by atoms with E-state index >= 15 is 0 Å². The van der Waals surface area contributed by atoms with Crippen molar-refractivity contribution < 1.29 is 14.7 Å². The van der Waals surface area contributed by atoms with Gasteiger partial charge in [0, 0.05) is 26.3 Å². The van der Waals surface area contributed by atoms with Crippen molar-refractivity contribution >= 4 is 24.4 Å². The Hall–Kier alpha value is -0.750. The molecule has 0 aromatic rings. The first-order valence-corrected chi connectivity index (χ1v) is 5.32. The third kappa shape index (κ3) is 5.64. The van der Waals surface area contributed by atoms with Crippen LogP contribution < -0.4 is 5.32 Å². The van der Waals surface area contributed by atoms with Crippen LogP contribution in [-0.2, 0) is 9.59 Å². The van der Waals surface area contributed by atoms with Crippen molar-refractivity contribution in [2.24, 2.45) is 0 Å². The Morgan fingerprint density at radius 2 is 2.07 bits per heavy atom. The summed E-state index contributed by atoms with van der Waals surface area (Å²) >= 11 is 3.99. The van der Waals surface area contributed by atoms with Gasteiger partial charge in [0.25, 0.3) is 0 Å². The number of aliphatic hydroxyl groups excluding tert-OH is 1. The summed E-state index contributed by atoms with van der Waals surface area (Å²) < 4.78 is 0. The summed E-state index contributed by atoms with van der Waals surface area (Å²) in [5, 5.41) is 11.6. The summed E-state index contributed by atoms with van der Waals surface area (Å²) in [5.74, 6) is -0.281. The van der Waals surface area contributed by atoms with E-state index in [2.05, 4.69) is 17.9 Å². The molecular weight excluding hydrogens is 216 g/mol. The van der Waals surface area contributed by atoms with Gasteiger partial charge in [0.2, 0.25) is 11.8 Å². The zero-order chi connectivity index (χ0) is 12.0. The van der Waals surface area contributed by atoms with E-state index in [4.69, 9.17) is 5.11 Å². The molecule has 15 heavy (non-hydrogen) atoms. The third-order valence-corrected chi connectivity index (χ3v) is 2.14. The van der Waals surface area contributed by atoms with Crippen molar-refractivity contribution in [3.8, 4) is 0 Å². The lowest BCUT2D eigenvalue weighted by molar-refractivity contribution is -0.135. The molecule has 2 atom stereocenters. The molecule has 0 aliphatic rings. The molecule has 2 unspecified atom stereocenters. The SMILES string of the molecule is CC(=O)NC(CS)C(=O)N(C)CC(C)O. The molecule has 0 bridgehead atoms. The first-order valence-electron chi connectivity index (χ1n) is 4.69. The van der Waals surface area contributed by atoms with Gasteiger partial charge >= 0.3 is 0 Å². The molecule has 5 nitrogen and oxygen atoms in total. The monoisotopic (exact) mass is 234 g/mol. The number of nitrogens with zero attached hydrogens (tertiary/aromatic N) is 1. The van der Waals surface area contributed by atoms with Gasteiger partial charge in [-0.25, -0.2) is 0 Å². The first-order chi connectivity index (χ1) is 6.88. The molecule has 6 heteroatoms. The maximum atomic E-state index is 11.7. The van der Waals surface area contributed by atoms with Gasteiger partial charge in [-0.2, -0.15) is 12.6 Å². The van der Waals surface area contributed by atoms with Crippen LogP contribution in [0, 0.1) is 0 Å². The van der Waals surface area contributed by atoms with Crippen molar-refractivity contribution in [1.29, 1.82) is 0 Å². The predicted octanol–water partition coefficient (Wildman–Crippen LogP) is -0.740. The molecule has 0 rings (SSSR count). The Bertz CT molecular complexity index is 233. The molecule has 0 saturated carbocycles. The number of nitrogens with one attached hydrogen (secondary N) is 1. The van der Waals surface area contributed by atoms with Gasteiger partial charge in [-0.15, -0.1) is 0 Å². The fourth-order valence-electron chi connectivity index (χ4n) is 1.18. The van der Waals surface area contributed by atoms with E-state index in [0.29, 0.717) is 0 Å². The fourth-order valence-corrected chi connectivity index (χ4v) is 1.43. The highest BCUT2D eigenvalue weighted by atomic mass is 32.1. The first kappa shape index (κ1) is 14.2. The molecule has 0 spiro atoms. The topological polar surface area (TPSA) is 69.6 Å². The number of carbonyl (C=O) groups excluding carboxylic acids is 2. The summed E-state index contributed by atoms with van der Waals surface area (Å²) in [6.07, 6.45) is -0.586. The van der Waals surface area contributed by atoms with Crippen molar-refractivity contribution in [3.63, 3.8) is 0 Å². The molecule has 0 aromatic heterocycles. The number of amides is 2. The highest BCUT2D eigenvalue weighted by Gasteiger charge is 2.21. The summed E-state index contributed by atoms with van der Waals surface area (Å²) in [7, 11) is 1.58. The second kappa shape index (κ2) is 6.68. The molecule has 88 valence electrons. The minimum absolute atomic E-state index is 0.239. The Morgan fingerprint density at radius 1 is 1.53 bits per heavy atom. The van der Waals surface area contributed by atoms with E-state index in [9.17, 15) is 9.59 Å². The van der Waals surface area contributed by atoms with Crippen LogP contribution in [0.5, 0.6) is 0 Å². The molecule has 0 heterocycles. The van der Waals surface area contributed by atoms with E-state index in [1.165, 1.54) is 11.8 Å². The predicted molar refractivity (Wildman–Crippen MR) is 60.8 cm³/mol. The Balaban J connectivity index is 4.30. The highest BCUT2D eigenvalue weighted by molar-refractivity contribution is 7.80. The van der Waals surface area contributed by atoms with Crippen LogP contribution in [-0.4, -0.2) is 53.3 Å². The van der Waals surface area contributed by atoms with E-state index in [0.717, 1.165) is 0 Å². The van der Waals surface area contributed by atoms with Crippen LogP contribution in [0.3, 0.4) is 0 Å². The molecule has 0 fully saturated rings. The Kier molecular flexibility index (Phi) is 6.35. The van der Waals surface area contributed by atoms with Crippen LogP contribution in [0.1, 0.15) is 13.8 Å². The quantitative estimate of drug-likeness (QED) is 0.549. The molecule has 0 saturated heterocycles. The lowest BCUT2D eigenvalue weighted by atomic mass is 10.2. The average molecular weight is 234 g/mol. The number of thiol groups is 1. The van der Waals surface area contributed by atoms with Gasteiger partial charge in [0.15, 0.2) is 0 Å². The van der Waals surface area contributed by atoms with Crippen LogP contribution in [0.15, 0.2) is 0 Å². The van der Waals surface area contributed by atoms with Gasteiger partial charge in [-0.3, -0.25) is 9.59 Å². The zero-order valence-corrected chi connectivity index (χ0v) is 10.1. The lowest BCUT2D eigenvalue weighted by Crippen LogP contribution is -2.49. The third-order valence-electron chi connectivity index (χ3n) is 1.77. The Labute approximate surface area is 95.2 Å². The van der Waals surface area contributed by atoms with Gasteiger partial charge in [-0.1, -0.05) is 0 Å². The van der Waals surface area contributed by atoms with E-state index in [1.807, 2.05) is 0 Å². The number of likely N-dealkylation sites (N-methyl/N-ethyl adjacent to an activating group) is 1. The standard InChI is InChI=1S/C9H18N2O3S/c1-6(12)4-11(3)9(14)8(5-15)10-7(2)13/h6,8,12,15H,4-5H2,1-3H3,(H,10,13). The van der Waals surface area contributed by atoms with E-state index in [1.54, 1.807) is 14.0 Å². The highest BCUT2D eigenvalue weighted by Crippen LogP contribution is 1.97. The average Bonchev–Trinajstić information content (AvgIpc) is 2.11. The number of rotatable bonds is 5. The molecule has 2 amide bonds. The zero-order valence-electron chi connectivity index (χ0n) is 9.23. The number of hydrogen-bond acceptors (Lipinski definition) is 4. The van der Waals surface area contributed by atoms with Crippen molar-refractivity contribution in [2.75, 3.05) is 19.3 Å². The van der Waals surface area contributed by atoms with Crippen LogP contribution in [0.4, 0.5) is 0 Å².